The van der Waals surface area contributed by atoms with Crippen LogP contribution in [0.15, 0.2) is 41.7 Å². The van der Waals surface area contributed by atoms with Gasteiger partial charge >= 0.3 is 5.97 Å². The van der Waals surface area contributed by atoms with E-state index in [1.807, 2.05) is 53.1 Å². The number of esters is 1. The van der Waals surface area contributed by atoms with E-state index >= 15 is 4.79 Å². The van der Waals surface area contributed by atoms with Gasteiger partial charge in [-0.2, -0.15) is 0 Å². The summed E-state index contributed by atoms with van der Waals surface area (Å²) in [7, 11) is 3.92. The molecule has 8 nitrogen and oxygen atoms in total. The molecule has 1 aromatic rings. The van der Waals surface area contributed by atoms with Crippen molar-refractivity contribution in [3.63, 3.8) is 0 Å². The van der Waals surface area contributed by atoms with Crippen molar-refractivity contribution in [3.8, 4) is 0 Å². The number of aliphatic hydroxyl groups is 1. The monoisotopic (exact) mass is 721 g/mol. The number of rotatable bonds is 7. The number of carbonyl (C=O) groups excluding carboxylic acids is 2. The van der Waals surface area contributed by atoms with E-state index in [1.54, 1.807) is 59.2 Å². The van der Waals surface area contributed by atoms with Crippen LogP contribution in [0.25, 0.3) is 0 Å². The SMILES string of the molecule is CC1CCC2(O)C(OC(=O)c3ccccc3)C3(N(C)C)C4COC4CC(OC4SCCS4)C3(C)C(=O)/C(OC3SCCS3)=C/1C2(C)C. The van der Waals surface area contributed by atoms with Crippen molar-refractivity contribution in [2.45, 2.75) is 85.9 Å². The lowest BCUT2D eigenvalue weighted by Crippen LogP contribution is -2.86. The first-order chi connectivity index (χ1) is 22.4. The summed E-state index contributed by atoms with van der Waals surface area (Å²) < 4.78 is 26.6. The van der Waals surface area contributed by atoms with Crippen LogP contribution >= 0.6 is 47.0 Å². The van der Waals surface area contributed by atoms with Crippen LogP contribution in [0.1, 0.15) is 57.3 Å². The second-order valence-electron chi connectivity index (χ2n) is 14.7. The lowest BCUT2D eigenvalue weighted by Gasteiger charge is -2.71. The number of nitrogens with zero attached hydrogens (tertiary/aromatic N) is 1. The smallest absolute Gasteiger partial charge is 0.338 e. The van der Waals surface area contributed by atoms with Crippen LogP contribution in [0, 0.1) is 22.7 Å². The normalized spacial score (nSPS) is 41.9. The fraction of sp³-hybridized carbons (Fsp3) is 0.714. The standard InChI is InChI=1S/C35H47NO7S4/c1-20-12-13-34(39)29(43-28(38)21-10-8-7-9-11-21)35(36(5)6)22-19-40-23(22)18-24(41-30-44-14-15-45-30)33(35,4)27(37)26(25(20)32(34,2)3)42-31-46-16-17-47-31/h7-11,20,22-24,29-31,39H,12-19H2,1-6H3/b26-25+. The molecule has 0 amide bonds. The Labute approximate surface area is 295 Å². The molecule has 1 aromatic carbocycles. The van der Waals surface area contributed by atoms with Gasteiger partial charge in [-0.05, 0) is 57.5 Å². The van der Waals surface area contributed by atoms with E-state index in [-0.39, 0.29) is 33.3 Å². The van der Waals surface area contributed by atoms with E-state index in [9.17, 15) is 9.90 Å². The van der Waals surface area contributed by atoms with Crippen molar-refractivity contribution in [2.75, 3.05) is 43.7 Å². The Morgan fingerprint density at radius 3 is 2.23 bits per heavy atom. The molecular weight excluding hydrogens is 675 g/mol. The van der Waals surface area contributed by atoms with Gasteiger partial charge in [0, 0.05) is 40.8 Å². The van der Waals surface area contributed by atoms with Crippen molar-refractivity contribution in [2.24, 2.45) is 22.7 Å². The van der Waals surface area contributed by atoms with Crippen molar-refractivity contribution in [1.29, 1.82) is 0 Å². The molecule has 47 heavy (non-hydrogen) atoms. The molecule has 5 fully saturated rings. The molecular formula is C35H47NO7S4. The summed E-state index contributed by atoms with van der Waals surface area (Å²) >= 11 is 6.94. The van der Waals surface area contributed by atoms with Gasteiger partial charge in [0.15, 0.2) is 16.6 Å². The third kappa shape index (κ3) is 5.12. The van der Waals surface area contributed by atoms with Crippen LogP contribution in [0.4, 0.5) is 0 Å². The predicted molar refractivity (Wildman–Crippen MR) is 191 cm³/mol. The molecule has 258 valence electrons. The van der Waals surface area contributed by atoms with E-state index in [1.165, 1.54) is 0 Å². The van der Waals surface area contributed by atoms with Crippen molar-refractivity contribution in [1.82, 2.24) is 4.90 Å². The zero-order chi connectivity index (χ0) is 33.4. The van der Waals surface area contributed by atoms with E-state index < -0.39 is 40.1 Å². The minimum atomic E-state index is -1.55. The predicted octanol–water partition coefficient (Wildman–Crippen LogP) is 5.89. The number of likely N-dealkylation sites (N-methyl/N-ethyl adjacent to an activating group) is 1. The quantitative estimate of drug-likeness (QED) is 0.341. The summed E-state index contributed by atoms with van der Waals surface area (Å²) in [6.07, 6.45) is -0.335. The molecule has 6 aliphatic rings. The number of hydrogen-bond acceptors (Lipinski definition) is 12. The number of Topliss-reactive ketones (excluding diaryl/α,β-unsaturated/α-hetero) is 1. The Morgan fingerprint density at radius 1 is 1.00 bits per heavy atom. The van der Waals surface area contributed by atoms with E-state index in [0.29, 0.717) is 37.2 Å². The fourth-order valence-electron chi connectivity index (χ4n) is 9.61. The lowest BCUT2D eigenvalue weighted by atomic mass is 9.42. The van der Waals surface area contributed by atoms with Crippen molar-refractivity contribution < 1.29 is 33.6 Å². The summed E-state index contributed by atoms with van der Waals surface area (Å²) in [5, 5.41) is 13.5. The van der Waals surface area contributed by atoms with Gasteiger partial charge in [0.25, 0.3) is 0 Å². The Hall–Kier alpha value is -0.860. The maximum Gasteiger partial charge on any atom is 0.338 e. The van der Waals surface area contributed by atoms with Gasteiger partial charge < -0.3 is 24.1 Å². The molecule has 0 radical (unpaired) electrons. The van der Waals surface area contributed by atoms with Crippen LogP contribution < -0.4 is 0 Å². The molecule has 12 heteroatoms. The van der Waals surface area contributed by atoms with Crippen LogP contribution in [0.3, 0.4) is 0 Å². The Bertz CT molecular complexity index is 1410. The van der Waals surface area contributed by atoms with Gasteiger partial charge in [-0.1, -0.05) is 39.0 Å². The van der Waals surface area contributed by atoms with E-state index in [2.05, 4.69) is 11.8 Å². The number of allylic oxidation sites excluding steroid dienone is 1. The minimum absolute atomic E-state index is 0.0229. The molecule has 0 spiro atoms. The summed E-state index contributed by atoms with van der Waals surface area (Å²) in [5.41, 5.74) is -3.77. The van der Waals surface area contributed by atoms with Crippen LogP contribution in [-0.4, -0.2) is 104 Å². The first-order valence-corrected chi connectivity index (χ1v) is 20.9. The van der Waals surface area contributed by atoms with Crippen molar-refractivity contribution >= 4 is 58.8 Å². The van der Waals surface area contributed by atoms with Gasteiger partial charge in [-0.25, -0.2) is 4.79 Å². The summed E-state index contributed by atoms with van der Waals surface area (Å²) in [6, 6.07) is 8.96. The number of thioether (sulfide) groups is 4. The highest BCUT2D eigenvalue weighted by atomic mass is 32.2. The maximum atomic E-state index is 16.0. The number of hydrogen-bond donors (Lipinski definition) is 1. The van der Waals surface area contributed by atoms with Crippen LogP contribution in [0.5, 0.6) is 0 Å². The summed E-state index contributed by atoms with van der Waals surface area (Å²) in [5.74, 6) is 3.36. The van der Waals surface area contributed by atoms with Gasteiger partial charge in [0.1, 0.15) is 10.4 Å². The molecule has 3 aliphatic carbocycles. The molecule has 8 atom stereocenters. The summed E-state index contributed by atoms with van der Waals surface area (Å²) in [4.78, 5) is 32.3. The van der Waals surface area contributed by atoms with Crippen LogP contribution in [0.2, 0.25) is 0 Å². The molecule has 1 N–H and O–H groups in total. The second kappa shape index (κ2) is 12.7. The molecule has 3 saturated heterocycles. The first kappa shape index (κ1) is 34.6. The van der Waals surface area contributed by atoms with Gasteiger partial charge in [-0.3, -0.25) is 9.69 Å². The first-order valence-electron chi connectivity index (χ1n) is 16.7. The molecule has 3 heterocycles. The molecule has 2 saturated carbocycles. The lowest BCUT2D eigenvalue weighted by molar-refractivity contribution is -0.315. The highest BCUT2D eigenvalue weighted by Crippen LogP contribution is 2.67. The molecule has 0 aromatic heterocycles. The number of ketones is 1. The average Bonchev–Trinajstić information content (AvgIpc) is 3.75. The largest absolute Gasteiger partial charge is 0.466 e. The topological polar surface area (TPSA) is 94.5 Å². The number of benzene rings is 1. The average molecular weight is 722 g/mol. The molecule has 3 aliphatic heterocycles. The van der Waals surface area contributed by atoms with Crippen LogP contribution in [-0.2, 0) is 23.7 Å². The van der Waals surface area contributed by atoms with Gasteiger partial charge in [0.2, 0.25) is 5.78 Å². The van der Waals surface area contributed by atoms with E-state index in [4.69, 9.17) is 18.9 Å². The van der Waals surface area contributed by atoms with Crippen molar-refractivity contribution in [3.05, 3.63) is 47.2 Å². The van der Waals surface area contributed by atoms with E-state index in [0.717, 1.165) is 28.6 Å². The number of carbonyl (C=O) groups is 2. The molecule has 2 bridgehead atoms. The minimum Gasteiger partial charge on any atom is -0.466 e. The number of fused-ring (bicyclic) bond motifs is 5. The second-order valence-corrected chi connectivity index (χ2v) is 19.9. The Morgan fingerprint density at radius 2 is 1.64 bits per heavy atom. The highest BCUT2D eigenvalue weighted by molar-refractivity contribution is 8.20. The fourth-order valence-corrected chi connectivity index (χ4v) is 14.6. The summed E-state index contributed by atoms with van der Waals surface area (Å²) in [6.45, 7) is 8.54. The molecule has 8 unspecified atom stereocenters. The zero-order valence-corrected chi connectivity index (χ0v) is 31.3. The third-order valence-electron chi connectivity index (χ3n) is 12.0. The highest BCUT2D eigenvalue weighted by Gasteiger charge is 2.79. The Kier molecular flexibility index (Phi) is 9.36. The van der Waals surface area contributed by atoms with Gasteiger partial charge in [0.05, 0.1) is 35.3 Å². The zero-order valence-electron chi connectivity index (χ0n) is 28.1. The van der Waals surface area contributed by atoms with Gasteiger partial charge in [-0.15, -0.1) is 47.0 Å². The Balaban J connectivity index is 1.51. The maximum absolute atomic E-state index is 16.0. The number of ether oxygens (including phenoxy) is 4. The third-order valence-corrected chi connectivity index (χ3v) is 17.4. The molecule has 7 rings (SSSR count).